The van der Waals surface area contributed by atoms with E-state index in [0.29, 0.717) is 41.9 Å². The Hall–Kier alpha value is -2.17. The minimum Gasteiger partial charge on any atom is -0.441 e. The molecule has 1 aromatic heterocycles. The highest BCUT2D eigenvalue weighted by Gasteiger charge is 2.25. The maximum absolute atomic E-state index is 13.8. The monoisotopic (exact) mass is 330 g/mol. The second kappa shape index (κ2) is 7.16. The van der Waals surface area contributed by atoms with E-state index >= 15 is 0 Å². The summed E-state index contributed by atoms with van der Waals surface area (Å²) in [6.45, 7) is 6.03. The van der Waals surface area contributed by atoms with E-state index in [1.807, 2.05) is 4.90 Å². The SMILES string of the molecule is CC1CC(C)CN(C(=O)CCc2ncc(-c3ccccc3F)o2)C1. The number of oxazole rings is 1. The van der Waals surface area contributed by atoms with Crippen LogP contribution >= 0.6 is 0 Å². The van der Waals surface area contributed by atoms with Gasteiger partial charge in [-0.05, 0) is 30.4 Å². The molecule has 5 heteroatoms. The average molecular weight is 330 g/mol. The largest absolute Gasteiger partial charge is 0.441 e. The predicted octanol–water partition coefficient (Wildman–Crippen LogP) is 3.92. The summed E-state index contributed by atoms with van der Waals surface area (Å²) >= 11 is 0. The van der Waals surface area contributed by atoms with E-state index in [9.17, 15) is 9.18 Å². The highest BCUT2D eigenvalue weighted by molar-refractivity contribution is 5.76. The van der Waals surface area contributed by atoms with Gasteiger partial charge in [0.05, 0.1) is 11.8 Å². The van der Waals surface area contributed by atoms with Gasteiger partial charge in [0, 0.05) is 25.9 Å². The molecule has 0 spiro atoms. The van der Waals surface area contributed by atoms with Crippen molar-refractivity contribution in [1.82, 2.24) is 9.88 Å². The Balaban J connectivity index is 1.59. The number of likely N-dealkylation sites (tertiary alicyclic amines) is 1. The number of aryl methyl sites for hydroxylation is 1. The molecule has 2 atom stereocenters. The summed E-state index contributed by atoms with van der Waals surface area (Å²) in [6, 6.07) is 6.43. The molecule has 1 saturated heterocycles. The summed E-state index contributed by atoms with van der Waals surface area (Å²) in [5.41, 5.74) is 0.390. The van der Waals surface area contributed by atoms with Gasteiger partial charge in [0.25, 0.3) is 0 Å². The highest BCUT2D eigenvalue weighted by Crippen LogP contribution is 2.24. The van der Waals surface area contributed by atoms with Crippen molar-refractivity contribution in [2.45, 2.75) is 33.1 Å². The van der Waals surface area contributed by atoms with Crippen molar-refractivity contribution in [3.8, 4) is 11.3 Å². The van der Waals surface area contributed by atoms with Gasteiger partial charge in [-0.2, -0.15) is 0 Å². The van der Waals surface area contributed by atoms with Crippen LogP contribution in [0.3, 0.4) is 0 Å². The average Bonchev–Trinajstić information content (AvgIpc) is 3.01. The third kappa shape index (κ3) is 3.83. The third-order valence-electron chi connectivity index (χ3n) is 4.47. The molecule has 0 bridgehead atoms. The third-order valence-corrected chi connectivity index (χ3v) is 4.47. The number of halogens is 1. The lowest BCUT2D eigenvalue weighted by Crippen LogP contribution is -2.42. The van der Waals surface area contributed by atoms with Crippen LogP contribution in [-0.2, 0) is 11.2 Å². The molecule has 0 saturated carbocycles. The van der Waals surface area contributed by atoms with Crippen molar-refractivity contribution in [3.63, 3.8) is 0 Å². The van der Waals surface area contributed by atoms with Gasteiger partial charge < -0.3 is 9.32 Å². The molecule has 1 fully saturated rings. The molecule has 0 radical (unpaired) electrons. The lowest BCUT2D eigenvalue weighted by atomic mass is 9.91. The van der Waals surface area contributed by atoms with Gasteiger partial charge >= 0.3 is 0 Å². The Morgan fingerprint density at radius 2 is 2.00 bits per heavy atom. The first-order chi connectivity index (χ1) is 11.5. The summed E-state index contributed by atoms with van der Waals surface area (Å²) in [5.74, 6) is 1.77. The normalized spacial score (nSPS) is 21.0. The van der Waals surface area contributed by atoms with Crippen molar-refractivity contribution >= 4 is 5.91 Å². The number of carbonyl (C=O) groups excluding carboxylic acids is 1. The summed E-state index contributed by atoms with van der Waals surface area (Å²) < 4.78 is 19.4. The second-order valence-electron chi connectivity index (χ2n) is 6.84. The maximum atomic E-state index is 13.8. The molecule has 1 amide bonds. The summed E-state index contributed by atoms with van der Waals surface area (Å²) in [4.78, 5) is 18.5. The van der Waals surface area contributed by atoms with Crippen molar-refractivity contribution in [2.75, 3.05) is 13.1 Å². The van der Waals surface area contributed by atoms with Gasteiger partial charge in [-0.1, -0.05) is 26.0 Å². The van der Waals surface area contributed by atoms with E-state index in [1.54, 1.807) is 18.2 Å². The van der Waals surface area contributed by atoms with Crippen LogP contribution in [0.5, 0.6) is 0 Å². The number of rotatable bonds is 4. The van der Waals surface area contributed by atoms with Crippen LogP contribution in [0.2, 0.25) is 0 Å². The highest BCUT2D eigenvalue weighted by atomic mass is 19.1. The van der Waals surface area contributed by atoms with E-state index in [2.05, 4.69) is 18.8 Å². The number of aromatic nitrogens is 1. The van der Waals surface area contributed by atoms with Crippen LogP contribution in [0.4, 0.5) is 4.39 Å². The van der Waals surface area contributed by atoms with Gasteiger partial charge in [0.2, 0.25) is 5.91 Å². The minimum atomic E-state index is -0.340. The number of carbonyl (C=O) groups is 1. The van der Waals surface area contributed by atoms with E-state index in [1.165, 1.54) is 18.7 Å². The van der Waals surface area contributed by atoms with Gasteiger partial charge in [0.15, 0.2) is 11.7 Å². The second-order valence-corrected chi connectivity index (χ2v) is 6.84. The van der Waals surface area contributed by atoms with Crippen LogP contribution < -0.4 is 0 Å². The topological polar surface area (TPSA) is 46.3 Å². The zero-order valence-corrected chi connectivity index (χ0v) is 14.2. The zero-order valence-electron chi connectivity index (χ0n) is 14.2. The number of nitrogens with zero attached hydrogens (tertiary/aromatic N) is 2. The van der Waals surface area contributed by atoms with Crippen LogP contribution in [0.1, 0.15) is 32.6 Å². The van der Waals surface area contributed by atoms with Crippen LogP contribution in [0.15, 0.2) is 34.9 Å². The number of hydrogen-bond donors (Lipinski definition) is 0. The molecule has 0 N–H and O–H groups in total. The minimum absolute atomic E-state index is 0.138. The van der Waals surface area contributed by atoms with Gasteiger partial charge in [-0.25, -0.2) is 9.37 Å². The molecule has 24 heavy (non-hydrogen) atoms. The molecule has 1 aliphatic heterocycles. The summed E-state index contributed by atoms with van der Waals surface area (Å²) in [7, 11) is 0. The first-order valence-corrected chi connectivity index (χ1v) is 8.50. The molecule has 2 unspecified atom stereocenters. The Morgan fingerprint density at radius 3 is 2.71 bits per heavy atom. The number of hydrogen-bond acceptors (Lipinski definition) is 3. The molecule has 0 aliphatic carbocycles. The van der Waals surface area contributed by atoms with Crippen LogP contribution in [0.25, 0.3) is 11.3 Å². The molecular formula is C19H23FN2O2. The van der Waals surface area contributed by atoms with E-state index in [4.69, 9.17) is 4.42 Å². The number of piperidine rings is 1. The predicted molar refractivity (Wildman–Crippen MR) is 89.7 cm³/mol. The van der Waals surface area contributed by atoms with E-state index in [0.717, 1.165) is 13.1 Å². The fraction of sp³-hybridized carbons (Fsp3) is 0.474. The van der Waals surface area contributed by atoms with Crippen molar-refractivity contribution in [2.24, 2.45) is 11.8 Å². The molecule has 128 valence electrons. The van der Waals surface area contributed by atoms with Gasteiger partial charge in [-0.15, -0.1) is 0 Å². The smallest absolute Gasteiger partial charge is 0.223 e. The Morgan fingerprint density at radius 1 is 1.29 bits per heavy atom. The molecule has 2 heterocycles. The Kier molecular flexibility index (Phi) is 4.97. The van der Waals surface area contributed by atoms with Crippen molar-refractivity contribution in [3.05, 3.63) is 42.2 Å². The summed E-state index contributed by atoms with van der Waals surface area (Å²) in [6.07, 6.45) is 3.50. The first kappa shape index (κ1) is 16.7. The van der Waals surface area contributed by atoms with Crippen molar-refractivity contribution in [1.29, 1.82) is 0 Å². The number of benzene rings is 1. The Labute approximate surface area is 141 Å². The summed E-state index contributed by atoms with van der Waals surface area (Å²) in [5, 5.41) is 0. The Bertz CT molecular complexity index is 703. The lowest BCUT2D eigenvalue weighted by Gasteiger charge is -2.35. The fourth-order valence-corrected chi connectivity index (χ4v) is 3.45. The molecule has 1 aliphatic rings. The van der Waals surface area contributed by atoms with Gasteiger partial charge in [0.1, 0.15) is 5.82 Å². The molecule has 2 aromatic rings. The quantitative estimate of drug-likeness (QED) is 0.853. The van der Waals surface area contributed by atoms with E-state index < -0.39 is 0 Å². The van der Waals surface area contributed by atoms with Crippen LogP contribution in [-0.4, -0.2) is 28.9 Å². The van der Waals surface area contributed by atoms with Gasteiger partial charge in [-0.3, -0.25) is 4.79 Å². The first-order valence-electron chi connectivity index (χ1n) is 8.50. The van der Waals surface area contributed by atoms with E-state index in [-0.39, 0.29) is 11.7 Å². The molecule has 3 rings (SSSR count). The maximum Gasteiger partial charge on any atom is 0.223 e. The zero-order chi connectivity index (χ0) is 17.1. The molecule has 1 aromatic carbocycles. The van der Waals surface area contributed by atoms with Crippen LogP contribution in [0, 0.1) is 17.7 Å². The molecular weight excluding hydrogens is 307 g/mol. The molecule has 4 nitrogen and oxygen atoms in total. The lowest BCUT2D eigenvalue weighted by molar-refractivity contribution is -0.133. The van der Waals surface area contributed by atoms with Crippen molar-refractivity contribution < 1.29 is 13.6 Å². The standard InChI is InChI=1S/C19H23FN2O2/c1-13-9-14(2)12-22(11-13)19(23)8-7-18-21-10-17(24-18)15-5-3-4-6-16(15)20/h3-6,10,13-14H,7-9,11-12H2,1-2H3. The fourth-order valence-electron chi connectivity index (χ4n) is 3.45. The number of amides is 1.